The van der Waals surface area contributed by atoms with Gasteiger partial charge in [-0.3, -0.25) is 9.59 Å². The van der Waals surface area contributed by atoms with Gasteiger partial charge in [-0.15, -0.1) is 0 Å². The molecular weight excluding hydrogens is 270 g/mol. The minimum atomic E-state index is -0.238. The van der Waals surface area contributed by atoms with Gasteiger partial charge in [-0.25, -0.2) is 0 Å². The lowest BCUT2D eigenvalue weighted by Crippen LogP contribution is -2.39. The molecule has 1 aromatic carbocycles. The van der Waals surface area contributed by atoms with Gasteiger partial charge in [0.15, 0.2) is 0 Å². The summed E-state index contributed by atoms with van der Waals surface area (Å²) in [5, 5.41) is 8.29. The Morgan fingerprint density at radius 2 is 1.76 bits per heavy atom. The van der Waals surface area contributed by atoms with Crippen LogP contribution in [-0.2, 0) is 14.3 Å². The molecule has 6 heteroatoms. The number of amides is 2. The second-order valence-corrected chi connectivity index (χ2v) is 4.76. The van der Waals surface area contributed by atoms with Gasteiger partial charge in [0.1, 0.15) is 0 Å². The van der Waals surface area contributed by atoms with E-state index in [0.717, 1.165) is 16.8 Å². The minimum absolute atomic E-state index is 0.0431. The van der Waals surface area contributed by atoms with Crippen molar-refractivity contribution < 1.29 is 14.3 Å². The molecule has 1 aromatic rings. The highest BCUT2D eigenvalue weighted by Gasteiger charge is 2.08. The zero-order valence-corrected chi connectivity index (χ0v) is 12.8. The molecule has 21 heavy (non-hydrogen) atoms. The molecule has 0 aliphatic heterocycles. The normalized spacial score (nSPS) is 10.2. The lowest BCUT2D eigenvalue weighted by Gasteiger charge is -2.12. The third-order valence-corrected chi connectivity index (χ3v) is 2.96. The highest BCUT2D eigenvalue weighted by Crippen LogP contribution is 2.18. The Bertz CT molecular complexity index is 469. The maximum Gasteiger partial charge on any atom is 0.243 e. The number of carbonyl (C=O) groups is 2. The summed E-state index contributed by atoms with van der Waals surface area (Å²) < 4.78 is 4.85. The van der Waals surface area contributed by atoms with Gasteiger partial charge in [-0.1, -0.05) is 18.2 Å². The van der Waals surface area contributed by atoms with Crippen molar-refractivity contribution in [2.75, 3.05) is 38.7 Å². The lowest BCUT2D eigenvalue weighted by atomic mass is 10.1. The van der Waals surface area contributed by atoms with Gasteiger partial charge < -0.3 is 20.7 Å². The van der Waals surface area contributed by atoms with Crippen LogP contribution in [0.15, 0.2) is 18.2 Å². The summed E-state index contributed by atoms with van der Waals surface area (Å²) in [4.78, 5) is 23.3. The maximum absolute atomic E-state index is 11.8. The Morgan fingerprint density at radius 1 is 1.10 bits per heavy atom. The van der Waals surface area contributed by atoms with Crippen LogP contribution in [0, 0.1) is 13.8 Å². The van der Waals surface area contributed by atoms with E-state index < -0.39 is 0 Å². The molecule has 0 heterocycles. The quantitative estimate of drug-likeness (QED) is 0.613. The fourth-order valence-corrected chi connectivity index (χ4v) is 1.81. The molecule has 0 atom stereocenters. The standard InChI is InChI=1S/C15H23N3O3/c1-11-5-4-6-12(2)15(11)18-14(20)10-17-13(19)9-16-7-8-21-3/h4-6,16H,7-10H2,1-3H3,(H,17,19)(H,18,20). The highest BCUT2D eigenvalue weighted by molar-refractivity contribution is 5.95. The predicted molar refractivity (Wildman–Crippen MR) is 82.3 cm³/mol. The molecule has 0 radical (unpaired) electrons. The van der Waals surface area contributed by atoms with E-state index >= 15 is 0 Å². The van der Waals surface area contributed by atoms with Gasteiger partial charge in [0, 0.05) is 19.3 Å². The van der Waals surface area contributed by atoms with E-state index in [9.17, 15) is 9.59 Å². The highest BCUT2D eigenvalue weighted by atomic mass is 16.5. The van der Waals surface area contributed by atoms with Gasteiger partial charge in [0.05, 0.1) is 19.7 Å². The van der Waals surface area contributed by atoms with Crippen molar-refractivity contribution in [2.24, 2.45) is 0 Å². The van der Waals surface area contributed by atoms with Crippen LogP contribution in [0.4, 0.5) is 5.69 Å². The molecule has 6 nitrogen and oxygen atoms in total. The van der Waals surface area contributed by atoms with Crippen LogP contribution < -0.4 is 16.0 Å². The molecule has 0 spiro atoms. The summed E-state index contributed by atoms with van der Waals surface area (Å²) in [5.74, 6) is -0.458. The Kier molecular flexibility index (Phi) is 7.42. The molecule has 0 saturated carbocycles. The van der Waals surface area contributed by atoms with Crippen molar-refractivity contribution in [3.05, 3.63) is 29.3 Å². The number of benzene rings is 1. The lowest BCUT2D eigenvalue weighted by molar-refractivity contribution is -0.123. The van der Waals surface area contributed by atoms with Crippen LogP contribution in [0.5, 0.6) is 0 Å². The van der Waals surface area contributed by atoms with Crippen molar-refractivity contribution in [1.29, 1.82) is 0 Å². The van der Waals surface area contributed by atoms with Crippen molar-refractivity contribution in [1.82, 2.24) is 10.6 Å². The number of carbonyl (C=O) groups excluding carboxylic acids is 2. The molecule has 0 unspecified atom stereocenters. The van der Waals surface area contributed by atoms with Crippen LogP contribution >= 0.6 is 0 Å². The smallest absolute Gasteiger partial charge is 0.243 e. The molecule has 0 fully saturated rings. The number of aryl methyl sites for hydroxylation is 2. The van der Waals surface area contributed by atoms with E-state index in [1.165, 1.54) is 0 Å². The second kappa shape index (κ2) is 9.10. The topological polar surface area (TPSA) is 79.5 Å². The van der Waals surface area contributed by atoms with Crippen LogP contribution in [0.25, 0.3) is 0 Å². The fourth-order valence-electron chi connectivity index (χ4n) is 1.81. The Hall–Kier alpha value is -1.92. The van der Waals surface area contributed by atoms with Crippen LogP contribution in [-0.4, -0.2) is 45.2 Å². The third-order valence-electron chi connectivity index (χ3n) is 2.96. The monoisotopic (exact) mass is 293 g/mol. The van der Waals surface area contributed by atoms with E-state index in [1.807, 2.05) is 32.0 Å². The van der Waals surface area contributed by atoms with Gasteiger partial charge in [0.25, 0.3) is 0 Å². The summed E-state index contributed by atoms with van der Waals surface area (Å²) in [7, 11) is 1.60. The first-order valence-electron chi connectivity index (χ1n) is 6.87. The Balaban J connectivity index is 2.32. The van der Waals surface area contributed by atoms with Crippen molar-refractivity contribution >= 4 is 17.5 Å². The molecule has 116 valence electrons. The summed E-state index contributed by atoms with van der Waals surface area (Å²) in [6, 6.07) is 5.80. The zero-order valence-electron chi connectivity index (χ0n) is 12.8. The van der Waals surface area contributed by atoms with Crippen LogP contribution in [0.2, 0.25) is 0 Å². The number of nitrogens with one attached hydrogen (secondary N) is 3. The fraction of sp³-hybridized carbons (Fsp3) is 0.467. The Morgan fingerprint density at radius 3 is 2.38 bits per heavy atom. The first kappa shape index (κ1) is 17.1. The van der Waals surface area contributed by atoms with E-state index in [1.54, 1.807) is 7.11 Å². The Labute approximate surface area is 125 Å². The zero-order chi connectivity index (χ0) is 15.7. The summed E-state index contributed by atoms with van der Waals surface area (Å²) in [5.41, 5.74) is 2.79. The minimum Gasteiger partial charge on any atom is -0.383 e. The number of rotatable bonds is 8. The maximum atomic E-state index is 11.8. The summed E-state index contributed by atoms with van der Waals surface area (Å²) in [6.07, 6.45) is 0. The predicted octanol–water partition coefficient (Wildman–Crippen LogP) is 0.594. The summed E-state index contributed by atoms with van der Waals surface area (Å²) >= 11 is 0. The average Bonchev–Trinajstić information content (AvgIpc) is 2.45. The molecule has 0 aromatic heterocycles. The molecule has 0 saturated heterocycles. The van der Waals surface area contributed by atoms with E-state index in [2.05, 4.69) is 16.0 Å². The molecular formula is C15H23N3O3. The molecule has 0 bridgehead atoms. The first-order chi connectivity index (χ1) is 10.0. The molecule has 2 amide bonds. The number of para-hydroxylation sites is 1. The molecule has 1 rings (SSSR count). The van der Waals surface area contributed by atoms with Gasteiger partial charge in [-0.05, 0) is 25.0 Å². The average molecular weight is 293 g/mol. The largest absolute Gasteiger partial charge is 0.383 e. The number of hydrogen-bond acceptors (Lipinski definition) is 4. The number of methoxy groups -OCH3 is 1. The first-order valence-corrected chi connectivity index (χ1v) is 6.87. The van der Waals surface area contributed by atoms with Crippen LogP contribution in [0.1, 0.15) is 11.1 Å². The van der Waals surface area contributed by atoms with Gasteiger partial charge in [0.2, 0.25) is 11.8 Å². The van der Waals surface area contributed by atoms with E-state index in [0.29, 0.717) is 13.2 Å². The molecule has 3 N–H and O–H groups in total. The third kappa shape index (κ3) is 6.37. The van der Waals surface area contributed by atoms with Gasteiger partial charge in [-0.2, -0.15) is 0 Å². The number of hydrogen-bond donors (Lipinski definition) is 3. The van der Waals surface area contributed by atoms with Crippen LogP contribution in [0.3, 0.4) is 0 Å². The van der Waals surface area contributed by atoms with E-state index in [-0.39, 0.29) is 24.9 Å². The van der Waals surface area contributed by atoms with Crippen molar-refractivity contribution in [3.63, 3.8) is 0 Å². The van der Waals surface area contributed by atoms with E-state index in [4.69, 9.17) is 4.74 Å². The van der Waals surface area contributed by atoms with Crippen molar-refractivity contribution in [2.45, 2.75) is 13.8 Å². The second-order valence-electron chi connectivity index (χ2n) is 4.76. The number of anilines is 1. The molecule has 0 aliphatic rings. The van der Waals surface area contributed by atoms with Gasteiger partial charge >= 0.3 is 0 Å². The van der Waals surface area contributed by atoms with Crippen molar-refractivity contribution in [3.8, 4) is 0 Å². The SMILES string of the molecule is COCCNCC(=O)NCC(=O)Nc1c(C)cccc1C. The number of ether oxygens (including phenoxy) is 1. The summed E-state index contributed by atoms with van der Waals surface area (Å²) in [6.45, 7) is 5.12. The molecule has 0 aliphatic carbocycles.